The van der Waals surface area contributed by atoms with E-state index in [-0.39, 0.29) is 11.4 Å². The van der Waals surface area contributed by atoms with Crippen molar-refractivity contribution in [3.05, 3.63) is 12.2 Å². The van der Waals surface area contributed by atoms with Gasteiger partial charge in [0.2, 0.25) is 0 Å². The summed E-state index contributed by atoms with van der Waals surface area (Å²) in [7, 11) is 0. The molecule has 0 N–H and O–H groups in total. The third-order valence-corrected chi connectivity index (χ3v) is 3.59. The standard InChI is InChI=1S/C14H22O3/c1-11(2)10-16-7-8-17-13(15)14-5-3-12(9-14)4-6-14/h3,5,11-12H,4,6-10H2,1-2H3. The Balaban J connectivity index is 1.66. The van der Waals surface area contributed by atoms with Crippen LogP contribution in [0.5, 0.6) is 0 Å². The molecule has 1 fully saturated rings. The fourth-order valence-corrected chi connectivity index (χ4v) is 2.66. The minimum Gasteiger partial charge on any atom is -0.463 e. The van der Waals surface area contributed by atoms with Gasteiger partial charge in [-0.05, 0) is 31.1 Å². The topological polar surface area (TPSA) is 35.5 Å². The summed E-state index contributed by atoms with van der Waals surface area (Å²) in [5, 5.41) is 0. The van der Waals surface area contributed by atoms with Crippen LogP contribution in [0.25, 0.3) is 0 Å². The van der Waals surface area contributed by atoms with E-state index in [1.54, 1.807) is 0 Å². The van der Waals surface area contributed by atoms with E-state index in [1.165, 1.54) is 0 Å². The van der Waals surface area contributed by atoms with Crippen molar-refractivity contribution >= 4 is 5.97 Å². The molecule has 0 aliphatic heterocycles. The second-order valence-corrected chi connectivity index (χ2v) is 5.62. The first-order valence-corrected chi connectivity index (χ1v) is 6.57. The molecular weight excluding hydrogens is 216 g/mol. The molecule has 3 nitrogen and oxygen atoms in total. The molecule has 2 bridgehead atoms. The largest absolute Gasteiger partial charge is 0.463 e. The Labute approximate surface area is 103 Å². The van der Waals surface area contributed by atoms with Crippen molar-refractivity contribution in [2.45, 2.75) is 33.1 Å². The van der Waals surface area contributed by atoms with Crippen LogP contribution in [0.15, 0.2) is 12.2 Å². The Bertz CT molecular complexity index is 309. The number of allylic oxidation sites excluding steroid dienone is 1. The highest BCUT2D eigenvalue weighted by molar-refractivity contribution is 5.80. The zero-order chi connectivity index (χ0) is 12.3. The predicted molar refractivity (Wildman–Crippen MR) is 65.5 cm³/mol. The summed E-state index contributed by atoms with van der Waals surface area (Å²) >= 11 is 0. The van der Waals surface area contributed by atoms with Crippen LogP contribution in [0.3, 0.4) is 0 Å². The highest BCUT2D eigenvalue weighted by atomic mass is 16.6. The zero-order valence-electron chi connectivity index (χ0n) is 10.8. The lowest BCUT2D eigenvalue weighted by atomic mass is 9.88. The van der Waals surface area contributed by atoms with Gasteiger partial charge in [-0.1, -0.05) is 26.0 Å². The maximum absolute atomic E-state index is 12.0. The van der Waals surface area contributed by atoms with E-state index in [0.29, 0.717) is 25.0 Å². The van der Waals surface area contributed by atoms with Crippen LogP contribution in [0.4, 0.5) is 0 Å². The lowest BCUT2D eigenvalue weighted by Crippen LogP contribution is -2.28. The van der Waals surface area contributed by atoms with E-state index in [4.69, 9.17) is 9.47 Å². The Hall–Kier alpha value is -0.830. The SMILES string of the molecule is CC(C)COCCOC(=O)C12C=CC(CC1)C2. The van der Waals surface area contributed by atoms with Crippen LogP contribution in [0.1, 0.15) is 33.1 Å². The molecule has 96 valence electrons. The third-order valence-electron chi connectivity index (χ3n) is 3.59. The van der Waals surface area contributed by atoms with Crippen LogP contribution >= 0.6 is 0 Å². The predicted octanol–water partition coefficient (Wildman–Crippen LogP) is 2.56. The fourth-order valence-electron chi connectivity index (χ4n) is 2.66. The van der Waals surface area contributed by atoms with Crippen molar-refractivity contribution in [2.75, 3.05) is 19.8 Å². The quantitative estimate of drug-likeness (QED) is 0.405. The van der Waals surface area contributed by atoms with Gasteiger partial charge < -0.3 is 9.47 Å². The molecule has 1 saturated carbocycles. The van der Waals surface area contributed by atoms with Gasteiger partial charge in [-0.2, -0.15) is 0 Å². The molecule has 2 atom stereocenters. The maximum atomic E-state index is 12.0. The molecule has 0 aromatic rings. The number of carbonyl (C=O) groups excluding carboxylic acids is 1. The lowest BCUT2D eigenvalue weighted by molar-refractivity contribution is -0.154. The van der Waals surface area contributed by atoms with Gasteiger partial charge in [-0.15, -0.1) is 0 Å². The summed E-state index contributed by atoms with van der Waals surface area (Å²) in [5.74, 6) is 1.08. The van der Waals surface area contributed by atoms with Gasteiger partial charge in [-0.25, -0.2) is 0 Å². The summed E-state index contributed by atoms with van der Waals surface area (Å²) in [4.78, 5) is 12.0. The number of hydrogen-bond acceptors (Lipinski definition) is 3. The summed E-state index contributed by atoms with van der Waals surface area (Å²) in [5.41, 5.74) is -0.289. The molecule has 0 aromatic carbocycles. The second kappa shape index (κ2) is 5.21. The molecule has 0 radical (unpaired) electrons. The molecule has 0 amide bonds. The number of hydrogen-bond donors (Lipinski definition) is 0. The van der Waals surface area contributed by atoms with Crippen molar-refractivity contribution in [1.29, 1.82) is 0 Å². The van der Waals surface area contributed by atoms with Crippen LogP contribution in [-0.2, 0) is 14.3 Å². The molecule has 2 aliphatic carbocycles. The molecular formula is C14H22O3. The van der Waals surface area contributed by atoms with Crippen molar-refractivity contribution in [2.24, 2.45) is 17.3 Å². The fraction of sp³-hybridized carbons (Fsp3) is 0.786. The van der Waals surface area contributed by atoms with Crippen LogP contribution in [0, 0.1) is 17.3 Å². The smallest absolute Gasteiger partial charge is 0.316 e. The van der Waals surface area contributed by atoms with E-state index in [0.717, 1.165) is 25.9 Å². The normalized spacial score (nSPS) is 30.2. The Morgan fingerprint density at radius 1 is 1.47 bits per heavy atom. The second-order valence-electron chi connectivity index (χ2n) is 5.62. The van der Waals surface area contributed by atoms with Crippen molar-refractivity contribution in [3.8, 4) is 0 Å². The Morgan fingerprint density at radius 2 is 2.29 bits per heavy atom. The summed E-state index contributed by atoms with van der Waals surface area (Å²) in [6.07, 6.45) is 7.27. The monoisotopic (exact) mass is 238 g/mol. The van der Waals surface area contributed by atoms with E-state index in [1.807, 2.05) is 0 Å². The van der Waals surface area contributed by atoms with Crippen molar-refractivity contribution in [1.82, 2.24) is 0 Å². The summed E-state index contributed by atoms with van der Waals surface area (Å²) in [6, 6.07) is 0. The Kier molecular flexibility index (Phi) is 3.87. The van der Waals surface area contributed by atoms with Gasteiger partial charge >= 0.3 is 5.97 Å². The molecule has 17 heavy (non-hydrogen) atoms. The summed E-state index contributed by atoms with van der Waals surface area (Å²) < 4.78 is 10.7. The lowest BCUT2D eigenvalue weighted by Gasteiger charge is -2.21. The van der Waals surface area contributed by atoms with Crippen molar-refractivity contribution in [3.63, 3.8) is 0 Å². The highest BCUT2D eigenvalue weighted by Gasteiger charge is 2.47. The summed E-state index contributed by atoms with van der Waals surface area (Å²) in [6.45, 7) is 5.82. The minimum atomic E-state index is -0.289. The van der Waals surface area contributed by atoms with Crippen LogP contribution in [0.2, 0.25) is 0 Å². The highest BCUT2D eigenvalue weighted by Crippen LogP contribution is 2.49. The number of fused-ring (bicyclic) bond motifs is 2. The first-order valence-electron chi connectivity index (χ1n) is 6.57. The molecule has 0 aromatic heterocycles. The third kappa shape index (κ3) is 2.89. The van der Waals surface area contributed by atoms with Crippen LogP contribution < -0.4 is 0 Å². The van der Waals surface area contributed by atoms with E-state index in [9.17, 15) is 4.79 Å². The molecule has 2 rings (SSSR count). The number of esters is 1. The van der Waals surface area contributed by atoms with E-state index >= 15 is 0 Å². The molecule has 2 unspecified atom stereocenters. The van der Waals surface area contributed by atoms with Crippen molar-refractivity contribution < 1.29 is 14.3 Å². The molecule has 3 heteroatoms. The average Bonchev–Trinajstić information content (AvgIpc) is 2.89. The van der Waals surface area contributed by atoms with Gasteiger partial charge in [0.05, 0.1) is 12.0 Å². The van der Waals surface area contributed by atoms with Gasteiger partial charge in [0.25, 0.3) is 0 Å². The van der Waals surface area contributed by atoms with Gasteiger partial charge in [-0.3, -0.25) is 4.79 Å². The van der Waals surface area contributed by atoms with E-state index < -0.39 is 0 Å². The minimum absolute atomic E-state index is 0.0538. The van der Waals surface area contributed by atoms with Gasteiger partial charge in [0.1, 0.15) is 6.61 Å². The van der Waals surface area contributed by atoms with Gasteiger partial charge in [0, 0.05) is 6.61 Å². The Morgan fingerprint density at radius 3 is 2.82 bits per heavy atom. The molecule has 2 aliphatic rings. The van der Waals surface area contributed by atoms with E-state index in [2.05, 4.69) is 26.0 Å². The first kappa shape index (κ1) is 12.6. The average molecular weight is 238 g/mol. The zero-order valence-corrected chi connectivity index (χ0v) is 10.8. The number of carbonyl (C=O) groups is 1. The maximum Gasteiger partial charge on any atom is 0.316 e. The first-order chi connectivity index (χ1) is 8.12. The van der Waals surface area contributed by atoms with Gasteiger partial charge in [0.15, 0.2) is 0 Å². The molecule has 0 spiro atoms. The number of ether oxygens (including phenoxy) is 2. The molecule has 0 heterocycles. The number of rotatable bonds is 6. The molecule has 0 saturated heterocycles. The van der Waals surface area contributed by atoms with Crippen LogP contribution in [-0.4, -0.2) is 25.8 Å².